The fourth-order valence-electron chi connectivity index (χ4n) is 3.43. The van der Waals surface area contributed by atoms with Crippen LogP contribution in [0.25, 0.3) is 0 Å². The summed E-state index contributed by atoms with van der Waals surface area (Å²) in [6.07, 6.45) is 7.95. The van der Waals surface area contributed by atoms with Crippen molar-refractivity contribution in [3.05, 3.63) is 29.8 Å². The Bertz CT molecular complexity index is 387. The number of aromatic hydroxyl groups is 1. The minimum atomic E-state index is 0.360. The highest BCUT2D eigenvalue weighted by atomic mass is 16.3. The molecule has 1 aromatic rings. The van der Waals surface area contributed by atoms with E-state index in [0.29, 0.717) is 11.8 Å². The molecule has 1 aliphatic rings. The first-order valence-corrected chi connectivity index (χ1v) is 8.21. The molecule has 0 aliphatic carbocycles. The van der Waals surface area contributed by atoms with E-state index in [4.69, 9.17) is 0 Å². The van der Waals surface area contributed by atoms with E-state index in [-0.39, 0.29) is 0 Å². The van der Waals surface area contributed by atoms with E-state index in [1.165, 1.54) is 50.8 Å². The molecule has 1 aromatic carbocycles. The Labute approximate surface area is 123 Å². The maximum atomic E-state index is 9.35. The zero-order valence-electron chi connectivity index (χ0n) is 13.0. The quantitative estimate of drug-likeness (QED) is 0.869. The second kappa shape index (κ2) is 7.68. The van der Waals surface area contributed by atoms with Gasteiger partial charge in [-0.2, -0.15) is 0 Å². The number of hydrogen-bond acceptors (Lipinski definition) is 2. The van der Waals surface area contributed by atoms with Gasteiger partial charge >= 0.3 is 0 Å². The molecule has 112 valence electrons. The van der Waals surface area contributed by atoms with Gasteiger partial charge in [-0.1, -0.05) is 31.9 Å². The van der Waals surface area contributed by atoms with Crippen LogP contribution >= 0.6 is 0 Å². The summed E-state index contributed by atoms with van der Waals surface area (Å²) in [6.45, 7) is 7.15. The molecule has 1 heterocycles. The number of rotatable bonds is 5. The molecule has 0 saturated carbocycles. The van der Waals surface area contributed by atoms with E-state index in [1.54, 1.807) is 12.1 Å². The summed E-state index contributed by atoms with van der Waals surface area (Å²) in [7, 11) is 0. The Morgan fingerprint density at radius 2 is 1.95 bits per heavy atom. The SMILES string of the molecule is CCCC1CCCN(C(C)Cc2ccc(O)cc2)CC1. The lowest BCUT2D eigenvalue weighted by Crippen LogP contribution is -2.35. The van der Waals surface area contributed by atoms with Crippen LogP contribution in [0, 0.1) is 5.92 Å². The zero-order chi connectivity index (χ0) is 14.4. The number of benzene rings is 1. The maximum Gasteiger partial charge on any atom is 0.115 e. The second-order valence-corrected chi connectivity index (χ2v) is 6.34. The van der Waals surface area contributed by atoms with Crippen LogP contribution in [0.4, 0.5) is 0 Å². The monoisotopic (exact) mass is 275 g/mol. The van der Waals surface area contributed by atoms with Gasteiger partial charge in [0.2, 0.25) is 0 Å². The zero-order valence-corrected chi connectivity index (χ0v) is 13.0. The van der Waals surface area contributed by atoms with Crippen molar-refractivity contribution in [3.8, 4) is 5.75 Å². The van der Waals surface area contributed by atoms with Gasteiger partial charge in [-0.25, -0.2) is 0 Å². The van der Waals surface area contributed by atoms with Gasteiger partial charge in [-0.05, 0) is 69.3 Å². The van der Waals surface area contributed by atoms with Crippen LogP contribution in [-0.2, 0) is 6.42 Å². The van der Waals surface area contributed by atoms with E-state index in [2.05, 4.69) is 18.7 Å². The van der Waals surface area contributed by atoms with Gasteiger partial charge in [0.05, 0.1) is 0 Å². The van der Waals surface area contributed by atoms with Crippen LogP contribution in [0.5, 0.6) is 5.75 Å². The van der Waals surface area contributed by atoms with Crippen LogP contribution in [0.2, 0.25) is 0 Å². The third kappa shape index (κ3) is 4.52. The predicted octanol–water partition coefficient (Wildman–Crippen LogP) is 4.23. The lowest BCUT2D eigenvalue weighted by Gasteiger charge is -2.28. The molecule has 2 unspecified atom stereocenters. The summed E-state index contributed by atoms with van der Waals surface area (Å²) in [4.78, 5) is 2.66. The minimum Gasteiger partial charge on any atom is -0.508 e. The third-order valence-electron chi connectivity index (χ3n) is 4.67. The molecule has 0 aromatic heterocycles. The van der Waals surface area contributed by atoms with Gasteiger partial charge in [0.1, 0.15) is 5.75 Å². The Hall–Kier alpha value is -1.02. The summed E-state index contributed by atoms with van der Waals surface area (Å²) in [5.74, 6) is 1.31. The summed E-state index contributed by atoms with van der Waals surface area (Å²) in [5.41, 5.74) is 1.32. The smallest absolute Gasteiger partial charge is 0.115 e. The number of likely N-dealkylation sites (tertiary alicyclic amines) is 1. The van der Waals surface area contributed by atoms with Gasteiger partial charge in [0, 0.05) is 6.04 Å². The van der Waals surface area contributed by atoms with Gasteiger partial charge in [0.15, 0.2) is 0 Å². The second-order valence-electron chi connectivity index (χ2n) is 6.34. The van der Waals surface area contributed by atoms with Crippen molar-refractivity contribution in [2.45, 2.75) is 58.4 Å². The fraction of sp³-hybridized carbons (Fsp3) is 0.667. The molecule has 0 spiro atoms. The molecule has 0 bridgehead atoms. The molecule has 2 rings (SSSR count). The maximum absolute atomic E-state index is 9.35. The molecular weight excluding hydrogens is 246 g/mol. The Morgan fingerprint density at radius 3 is 2.65 bits per heavy atom. The topological polar surface area (TPSA) is 23.5 Å². The van der Waals surface area contributed by atoms with Crippen molar-refractivity contribution in [2.75, 3.05) is 13.1 Å². The van der Waals surface area contributed by atoms with Crippen molar-refractivity contribution in [1.82, 2.24) is 4.90 Å². The molecule has 1 N–H and O–H groups in total. The van der Waals surface area contributed by atoms with E-state index < -0.39 is 0 Å². The molecule has 0 radical (unpaired) electrons. The van der Waals surface area contributed by atoms with Gasteiger partial charge in [0.25, 0.3) is 0 Å². The molecule has 2 nitrogen and oxygen atoms in total. The van der Waals surface area contributed by atoms with E-state index in [0.717, 1.165) is 12.3 Å². The van der Waals surface area contributed by atoms with E-state index in [9.17, 15) is 5.11 Å². The highest BCUT2D eigenvalue weighted by Gasteiger charge is 2.20. The highest BCUT2D eigenvalue weighted by molar-refractivity contribution is 5.26. The average Bonchev–Trinajstić information content (AvgIpc) is 2.67. The largest absolute Gasteiger partial charge is 0.508 e. The Morgan fingerprint density at radius 1 is 1.20 bits per heavy atom. The molecular formula is C18H29NO. The van der Waals surface area contributed by atoms with Gasteiger partial charge in [-0.3, -0.25) is 0 Å². The molecule has 0 amide bonds. The highest BCUT2D eigenvalue weighted by Crippen LogP contribution is 2.24. The minimum absolute atomic E-state index is 0.360. The van der Waals surface area contributed by atoms with Crippen LogP contribution < -0.4 is 0 Å². The average molecular weight is 275 g/mol. The van der Waals surface area contributed by atoms with Crippen molar-refractivity contribution >= 4 is 0 Å². The van der Waals surface area contributed by atoms with Crippen molar-refractivity contribution in [1.29, 1.82) is 0 Å². The predicted molar refractivity (Wildman–Crippen MR) is 85.1 cm³/mol. The van der Waals surface area contributed by atoms with Crippen LogP contribution in [0.3, 0.4) is 0 Å². The molecule has 20 heavy (non-hydrogen) atoms. The van der Waals surface area contributed by atoms with Gasteiger partial charge < -0.3 is 10.0 Å². The number of phenolic OH excluding ortho intramolecular Hbond substituents is 1. The van der Waals surface area contributed by atoms with Gasteiger partial charge in [-0.15, -0.1) is 0 Å². The molecule has 1 saturated heterocycles. The summed E-state index contributed by atoms with van der Waals surface area (Å²) in [6, 6.07) is 8.27. The fourth-order valence-corrected chi connectivity index (χ4v) is 3.43. The normalized spacial score (nSPS) is 22.4. The molecule has 2 heteroatoms. The summed E-state index contributed by atoms with van der Waals surface area (Å²) in [5, 5.41) is 9.35. The van der Waals surface area contributed by atoms with Crippen molar-refractivity contribution in [2.24, 2.45) is 5.92 Å². The number of phenols is 1. The number of hydrogen-bond donors (Lipinski definition) is 1. The van der Waals surface area contributed by atoms with Crippen LogP contribution in [0.15, 0.2) is 24.3 Å². The van der Waals surface area contributed by atoms with E-state index >= 15 is 0 Å². The number of nitrogens with zero attached hydrogens (tertiary/aromatic N) is 1. The summed E-state index contributed by atoms with van der Waals surface area (Å²) < 4.78 is 0. The van der Waals surface area contributed by atoms with Crippen molar-refractivity contribution in [3.63, 3.8) is 0 Å². The van der Waals surface area contributed by atoms with Crippen LogP contribution in [0.1, 0.15) is 51.5 Å². The molecule has 1 aliphatic heterocycles. The summed E-state index contributed by atoms with van der Waals surface area (Å²) >= 11 is 0. The lowest BCUT2D eigenvalue weighted by molar-refractivity contribution is 0.212. The van der Waals surface area contributed by atoms with Crippen molar-refractivity contribution < 1.29 is 5.11 Å². The first kappa shape index (κ1) is 15.4. The Balaban J connectivity index is 1.85. The van der Waals surface area contributed by atoms with E-state index in [1.807, 2.05) is 12.1 Å². The molecule has 2 atom stereocenters. The Kier molecular flexibility index (Phi) is 5.90. The standard InChI is InChI=1S/C18H29NO/c1-3-5-16-6-4-12-19(13-11-16)15(2)14-17-7-9-18(20)10-8-17/h7-10,15-16,20H,3-6,11-14H2,1-2H3. The first-order valence-electron chi connectivity index (χ1n) is 8.21. The lowest BCUT2D eigenvalue weighted by atomic mass is 9.96. The molecule has 1 fully saturated rings. The first-order chi connectivity index (χ1) is 9.69. The third-order valence-corrected chi connectivity index (χ3v) is 4.67. The van der Waals surface area contributed by atoms with Crippen LogP contribution in [-0.4, -0.2) is 29.1 Å².